The largest absolute Gasteiger partial charge is 0.409 e. The summed E-state index contributed by atoms with van der Waals surface area (Å²) in [6.07, 6.45) is 1.01. The van der Waals surface area contributed by atoms with Gasteiger partial charge in [-0.3, -0.25) is 0 Å². The van der Waals surface area contributed by atoms with Crippen molar-refractivity contribution < 1.29 is 9.60 Å². The number of benzene rings is 1. The van der Waals surface area contributed by atoms with Gasteiger partial charge >= 0.3 is 0 Å². The zero-order valence-electron chi connectivity index (χ0n) is 12.2. The summed E-state index contributed by atoms with van der Waals surface area (Å²) < 4.78 is 13.5. The van der Waals surface area contributed by atoms with Crippen LogP contribution < -0.4 is 11.1 Å². The molecule has 1 atom stereocenters. The van der Waals surface area contributed by atoms with Gasteiger partial charge in [0.25, 0.3) is 0 Å². The van der Waals surface area contributed by atoms with E-state index in [4.69, 9.17) is 10.9 Å². The lowest BCUT2D eigenvalue weighted by atomic mass is 10.1. The Morgan fingerprint density at radius 3 is 2.75 bits per heavy atom. The number of rotatable bonds is 7. The third kappa shape index (κ3) is 5.54. The average molecular weight is 282 g/mol. The molecule has 0 fully saturated rings. The molecular weight excluding hydrogens is 259 g/mol. The Labute approximate surface area is 119 Å². The van der Waals surface area contributed by atoms with Gasteiger partial charge in [-0.2, -0.15) is 0 Å². The number of oxime groups is 1. The molecule has 0 aromatic heterocycles. The first-order valence-corrected chi connectivity index (χ1v) is 6.58. The smallest absolute Gasteiger partial charge is 0.170 e. The topological polar surface area (TPSA) is 73.9 Å². The van der Waals surface area contributed by atoms with Gasteiger partial charge in [-0.05, 0) is 57.7 Å². The van der Waals surface area contributed by atoms with Crippen molar-refractivity contribution in [3.8, 4) is 0 Å². The Hall–Kier alpha value is -1.66. The van der Waals surface area contributed by atoms with Crippen molar-refractivity contribution in [1.29, 1.82) is 0 Å². The van der Waals surface area contributed by atoms with Crippen LogP contribution in [0.2, 0.25) is 0 Å². The van der Waals surface area contributed by atoms with Crippen molar-refractivity contribution in [2.45, 2.75) is 25.9 Å². The second-order valence-corrected chi connectivity index (χ2v) is 5.21. The van der Waals surface area contributed by atoms with Crippen molar-refractivity contribution in [3.05, 3.63) is 35.1 Å². The fraction of sp³-hybridized carbons (Fsp3) is 0.500. The van der Waals surface area contributed by atoms with Gasteiger partial charge in [0.2, 0.25) is 0 Å². The van der Waals surface area contributed by atoms with Gasteiger partial charge in [0.1, 0.15) is 5.82 Å². The number of amidine groups is 1. The first kappa shape index (κ1) is 16.4. The van der Waals surface area contributed by atoms with E-state index < -0.39 is 5.82 Å². The second kappa shape index (κ2) is 7.81. The normalized spacial score (nSPS) is 13.8. The van der Waals surface area contributed by atoms with Crippen molar-refractivity contribution in [3.63, 3.8) is 0 Å². The Morgan fingerprint density at radius 1 is 1.45 bits per heavy atom. The van der Waals surface area contributed by atoms with E-state index in [9.17, 15) is 4.39 Å². The van der Waals surface area contributed by atoms with Crippen molar-refractivity contribution in [2.75, 3.05) is 20.6 Å². The van der Waals surface area contributed by atoms with Crippen LogP contribution in [0.25, 0.3) is 0 Å². The Balaban J connectivity index is 2.62. The third-order valence-corrected chi connectivity index (χ3v) is 3.03. The predicted molar refractivity (Wildman–Crippen MR) is 78.4 cm³/mol. The molecule has 1 rings (SSSR count). The predicted octanol–water partition coefficient (Wildman–Crippen LogP) is 1.35. The minimum atomic E-state index is -0.396. The second-order valence-electron chi connectivity index (χ2n) is 5.21. The summed E-state index contributed by atoms with van der Waals surface area (Å²) in [5.74, 6) is -0.488. The number of halogens is 1. The minimum absolute atomic E-state index is 0.0913. The Bertz CT molecular complexity index is 462. The fourth-order valence-electron chi connectivity index (χ4n) is 1.80. The molecule has 0 aliphatic heterocycles. The molecule has 0 aliphatic rings. The van der Waals surface area contributed by atoms with Crippen molar-refractivity contribution >= 4 is 5.84 Å². The molecule has 0 radical (unpaired) electrons. The van der Waals surface area contributed by atoms with Crippen LogP contribution in [0, 0.1) is 5.82 Å². The van der Waals surface area contributed by atoms with E-state index in [1.165, 1.54) is 12.1 Å². The van der Waals surface area contributed by atoms with E-state index in [1.807, 2.05) is 14.1 Å². The summed E-state index contributed by atoms with van der Waals surface area (Å²) in [6, 6.07) is 4.73. The molecule has 112 valence electrons. The SMILES string of the molecule is CC(CCN(C)C)NCc1cc(F)cc(/C(N)=N/O)c1. The number of nitrogens with two attached hydrogens (primary N) is 1. The van der Waals surface area contributed by atoms with Gasteiger partial charge in [0.05, 0.1) is 0 Å². The maximum absolute atomic E-state index is 13.5. The van der Waals surface area contributed by atoms with Crippen LogP contribution in [0.5, 0.6) is 0 Å². The minimum Gasteiger partial charge on any atom is -0.409 e. The zero-order valence-corrected chi connectivity index (χ0v) is 12.2. The molecule has 0 spiro atoms. The first-order chi connectivity index (χ1) is 9.42. The summed E-state index contributed by atoms with van der Waals surface area (Å²) in [6.45, 7) is 3.62. The van der Waals surface area contributed by atoms with Crippen LogP contribution in [0.15, 0.2) is 23.4 Å². The van der Waals surface area contributed by atoms with Crippen LogP contribution in [0.3, 0.4) is 0 Å². The maximum atomic E-state index is 13.5. The molecule has 1 aromatic carbocycles. The van der Waals surface area contributed by atoms with E-state index in [-0.39, 0.29) is 5.84 Å². The van der Waals surface area contributed by atoms with Crippen LogP contribution in [0.1, 0.15) is 24.5 Å². The molecule has 0 amide bonds. The molecule has 20 heavy (non-hydrogen) atoms. The summed E-state index contributed by atoms with van der Waals surface area (Å²) in [4.78, 5) is 2.12. The summed E-state index contributed by atoms with van der Waals surface area (Å²) in [7, 11) is 4.06. The highest BCUT2D eigenvalue weighted by Crippen LogP contribution is 2.10. The summed E-state index contributed by atoms with van der Waals surface area (Å²) in [5.41, 5.74) is 6.62. The van der Waals surface area contributed by atoms with E-state index in [0.717, 1.165) is 18.5 Å². The molecule has 1 unspecified atom stereocenters. The molecule has 0 saturated heterocycles. The van der Waals surface area contributed by atoms with Crippen LogP contribution in [0.4, 0.5) is 4.39 Å². The molecule has 6 heteroatoms. The lowest BCUT2D eigenvalue weighted by Gasteiger charge is -2.17. The maximum Gasteiger partial charge on any atom is 0.170 e. The van der Waals surface area contributed by atoms with Gasteiger partial charge in [-0.25, -0.2) is 4.39 Å². The van der Waals surface area contributed by atoms with Gasteiger partial charge in [0.15, 0.2) is 5.84 Å². The van der Waals surface area contributed by atoms with Gasteiger partial charge < -0.3 is 21.2 Å². The molecule has 5 nitrogen and oxygen atoms in total. The number of hydrogen-bond donors (Lipinski definition) is 3. The first-order valence-electron chi connectivity index (χ1n) is 6.58. The molecule has 0 aliphatic carbocycles. The van der Waals surface area contributed by atoms with E-state index in [1.54, 1.807) is 6.07 Å². The molecule has 0 heterocycles. The lowest BCUT2D eigenvalue weighted by Crippen LogP contribution is -2.29. The average Bonchev–Trinajstić information content (AvgIpc) is 2.41. The zero-order chi connectivity index (χ0) is 15.1. The van der Waals surface area contributed by atoms with Crippen LogP contribution in [-0.4, -0.2) is 42.6 Å². The van der Waals surface area contributed by atoms with Crippen LogP contribution in [-0.2, 0) is 6.54 Å². The van der Waals surface area contributed by atoms with Crippen LogP contribution >= 0.6 is 0 Å². The van der Waals surface area contributed by atoms with E-state index >= 15 is 0 Å². The summed E-state index contributed by atoms with van der Waals surface area (Å²) >= 11 is 0. The van der Waals surface area contributed by atoms with E-state index in [2.05, 4.69) is 22.3 Å². The van der Waals surface area contributed by atoms with Crippen molar-refractivity contribution in [1.82, 2.24) is 10.2 Å². The Kier molecular flexibility index (Phi) is 6.41. The number of nitrogens with zero attached hydrogens (tertiary/aromatic N) is 2. The molecule has 0 bridgehead atoms. The highest BCUT2D eigenvalue weighted by Gasteiger charge is 2.07. The van der Waals surface area contributed by atoms with Gasteiger partial charge in [0, 0.05) is 18.2 Å². The fourth-order valence-corrected chi connectivity index (χ4v) is 1.80. The van der Waals surface area contributed by atoms with Gasteiger partial charge in [-0.15, -0.1) is 0 Å². The number of nitrogens with one attached hydrogen (secondary N) is 1. The highest BCUT2D eigenvalue weighted by atomic mass is 19.1. The van der Waals surface area contributed by atoms with E-state index in [0.29, 0.717) is 18.2 Å². The third-order valence-electron chi connectivity index (χ3n) is 3.03. The van der Waals surface area contributed by atoms with Crippen molar-refractivity contribution in [2.24, 2.45) is 10.9 Å². The standard InChI is InChI=1S/C14H23FN4O/c1-10(4-5-19(2)3)17-9-11-6-12(14(16)18-20)8-13(15)7-11/h6-8,10,17,20H,4-5,9H2,1-3H3,(H2,16,18). The monoisotopic (exact) mass is 282 g/mol. The Morgan fingerprint density at radius 2 is 2.15 bits per heavy atom. The highest BCUT2D eigenvalue weighted by molar-refractivity contribution is 5.97. The summed E-state index contributed by atoms with van der Waals surface area (Å²) in [5, 5.41) is 14.8. The molecule has 4 N–H and O–H groups in total. The lowest BCUT2D eigenvalue weighted by molar-refractivity contribution is 0.318. The van der Waals surface area contributed by atoms with Gasteiger partial charge in [-0.1, -0.05) is 5.16 Å². The molecule has 1 aromatic rings. The quantitative estimate of drug-likeness (QED) is 0.305. The molecule has 0 saturated carbocycles. The molecular formula is C14H23FN4O. The number of hydrogen-bond acceptors (Lipinski definition) is 4.